The second kappa shape index (κ2) is 6.95. The minimum atomic E-state index is -0.830. The van der Waals surface area contributed by atoms with E-state index in [0.29, 0.717) is 11.3 Å². The molecule has 2 aromatic carbocycles. The number of hydrogen-bond acceptors (Lipinski definition) is 5. The summed E-state index contributed by atoms with van der Waals surface area (Å²) in [6, 6.07) is 10.6. The predicted octanol–water partition coefficient (Wildman–Crippen LogP) is 3.09. The van der Waals surface area contributed by atoms with Crippen LogP contribution in [-0.4, -0.2) is 30.6 Å². The summed E-state index contributed by atoms with van der Waals surface area (Å²) in [6.45, 7) is -0.467. The van der Waals surface area contributed by atoms with Crippen LogP contribution in [0.3, 0.4) is 0 Å². The quantitative estimate of drug-likeness (QED) is 0.677. The van der Waals surface area contributed by atoms with Crippen molar-refractivity contribution in [2.24, 2.45) is 0 Å². The summed E-state index contributed by atoms with van der Waals surface area (Å²) < 4.78 is 9.99. The highest BCUT2D eigenvalue weighted by Crippen LogP contribution is 2.23. The van der Waals surface area contributed by atoms with Gasteiger partial charge >= 0.3 is 5.97 Å². The number of para-hydroxylation sites is 1. The van der Waals surface area contributed by atoms with Crippen molar-refractivity contribution in [1.29, 1.82) is 0 Å². The molecule has 22 heavy (non-hydrogen) atoms. The molecule has 6 heteroatoms. The van der Waals surface area contributed by atoms with Crippen molar-refractivity contribution in [1.82, 2.24) is 0 Å². The van der Waals surface area contributed by atoms with Crippen LogP contribution in [0.5, 0.6) is 11.5 Å². The lowest BCUT2D eigenvalue weighted by Crippen LogP contribution is -2.15. The molecule has 0 spiro atoms. The SMILES string of the molecule is COc1ccccc1C(=O)COC(=O)c1cc(Cl)ccc1O. The number of ketones is 1. The Labute approximate surface area is 132 Å². The topological polar surface area (TPSA) is 72.8 Å². The molecule has 0 aliphatic rings. The molecule has 0 fully saturated rings. The molecule has 0 atom stereocenters. The number of carbonyl (C=O) groups is 2. The maximum absolute atomic E-state index is 12.1. The van der Waals surface area contributed by atoms with E-state index < -0.39 is 18.4 Å². The Balaban J connectivity index is 2.08. The fourth-order valence-electron chi connectivity index (χ4n) is 1.83. The summed E-state index contributed by atoms with van der Waals surface area (Å²) in [5.41, 5.74) is 0.216. The maximum atomic E-state index is 12.1. The molecule has 0 bridgehead atoms. The maximum Gasteiger partial charge on any atom is 0.342 e. The highest BCUT2D eigenvalue weighted by Gasteiger charge is 2.17. The number of aromatic hydroxyl groups is 1. The minimum absolute atomic E-state index is 0.0969. The van der Waals surface area contributed by atoms with Crippen LogP contribution in [-0.2, 0) is 4.74 Å². The van der Waals surface area contributed by atoms with Crippen molar-refractivity contribution < 1.29 is 24.2 Å². The molecule has 0 aliphatic carbocycles. The molecule has 0 aromatic heterocycles. The Bertz CT molecular complexity index is 711. The third-order valence-corrected chi connectivity index (χ3v) is 3.16. The number of phenols is 1. The number of carbonyl (C=O) groups excluding carboxylic acids is 2. The zero-order chi connectivity index (χ0) is 16.1. The molecule has 0 amide bonds. The van der Waals surface area contributed by atoms with Crippen LogP contribution >= 0.6 is 11.6 Å². The third kappa shape index (κ3) is 3.56. The summed E-state index contributed by atoms with van der Waals surface area (Å²) in [5.74, 6) is -1.11. The first-order valence-electron chi connectivity index (χ1n) is 6.34. The van der Waals surface area contributed by atoms with Gasteiger partial charge in [-0.05, 0) is 30.3 Å². The van der Waals surface area contributed by atoms with Crippen LogP contribution in [0.4, 0.5) is 0 Å². The highest BCUT2D eigenvalue weighted by atomic mass is 35.5. The van der Waals surface area contributed by atoms with E-state index in [1.54, 1.807) is 24.3 Å². The lowest BCUT2D eigenvalue weighted by atomic mass is 10.1. The van der Waals surface area contributed by atoms with Crippen LogP contribution in [0, 0.1) is 0 Å². The first-order chi connectivity index (χ1) is 10.5. The Kier molecular flexibility index (Phi) is 5.01. The molecule has 0 aliphatic heterocycles. The number of halogens is 1. The van der Waals surface area contributed by atoms with Gasteiger partial charge in [-0.2, -0.15) is 0 Å². The Hall–Kier alpha value is -2.53. The summed E-state index contributed by atoms with van der Waals surface area (Å²) in [6.07, 6.45) is 0. The second-order valence-electron chi connectivity index (χ2n) is 4.36. The van der Waals surface area contributed by atoms with E-state index in [0.717, 1.165) is 0 Å². The fourth-order valence-corrected chi connectivity index (χ4v) is 2.01. The summed E-state index contributed by atoms with van der Waals surface area (Å²) in [4.78, 5) is 23.9. The number of hydrogen-bond donors (Lipinski definition) is 1. The highest BCUT2D eigenvalue weighted by molar-refractivity contribution is 6.31. The van der Waals surface area contributed by atoms with E-state index >= 15 is 0 Å². The molecule has 2 rings (SSSR count). The van der Waals surface area contributed by atoms with E-state index in [2.05, 4.69) is 0 Å². The van der Waals surface area contributed by atoms with E-state index in [1.165, 1.54) is 25.3 Å². The standard InChI is InChI=1S/C16H13ClO5/c1-21-15-5-3-2-4-11(15)14(19)9-22-16(20)12-8-10(17)6-7-13(12)18/h2-8,18H,9H2,1H3. The van der Waals surface area contributed by atoms with Gasteiger partial charge in [-0.1, -0.05) is 23.7 Å². The summed E-state index contributed by atoms with van der Waals surface area (Å²) in [5, 5.41) is 9.88. The van der Waals surface area contributed by atoms with Crippen molar-refractivity contribution in [2.45, 2.75) is 0 Å². The number of rotatable bonds is 5. The third-order valence-electron chi connectivity index (χ3n) is 2.92. The van der Waals surface area contributed by atoms with Gasteiger partial charge in [0.1, 0.15) is 17.1 Å². The van der Waals surface area contributed by atoms with Gasteiger partial charge in [0.15, 0.2) is 6.61 Å². The van der Waals surface area contributed by atoms with Gasteiger partial charge in [-0.3, -0.25) is 4.79 Å². The Morgan fingerprint density at radius 2 is 1.86 bits per heavy atom. The average Bonchev–Trinajstić information content (AvgIpc) is 2.54. The van der Waals surface area contributed by atoms with Gasteiger partial charge in [0.25, 0.3) is 0 Å². The van der Waals surface area contributed by atoms with E-state index in [4.69, 9.17) is 21.1 Å². The van der Waals surface area contributed by atoms with E-state index in [-0.39, 0.29) is 16.3 Å². The van der Waals surface area contributed by atoms with Crippen LogP contribution in [0.25, 0.3) is 0 Å². The molecule has 0 saturated heterocycles. The normalized spacial score (nSPS) is 10.1. The van der Waals surface area contributed by atoms with Crippen molar-refractivity contribution in [2.75, 3.05) is 13.7 Å². The molecule has 0 heterocycles. The monoisotopic (exact) mass is 320 g/mol. The molecule has 5 nitrogen and oxygen atoms in total. The molecule has 0 radical (unpaired) electrons. The predicted molar refractivity (Wildman–Crippen MR) is 80.7 cm³/mol. The van der Waals surface area contributed by atoms with Crippen LogP contribution in [0.15, 0.2) is 42.5 Å². The molecular weight excluding hydrogens is 308 g/mol. The molecule has 114 valence electrons. The van der Waals surface area contributed by atoms with Gasteiger partial charge in [0.05, 0.1) is 12.7 Å². The number of esters is 1. The van der Waals surface area contributed by atoms with Crippen LogP contribution < -0.4 is 4.74 Å². The van der Waals surface area contributed by atoms with Crippen LogP contribution in [0.1, 0.15) is 20.7 Å². The van der Waals surface area contributed by atoms with Gasteiger partial charge in [0, 0.05) is 5.02 Å². The first kappa shape index (κ1) is 15.9. The molecule has 2 aromatic rings. The van der Waals surface area contributed by atoms with Gasteiger partial charge in [-0.15, -0.1) is 0 Å². The molecular formula is C16H13ClO5. The van der Waals surface area contributed by atoms with Gasteiger partial charge in [0.2, 0.25) is 5.78 Å². The summed E-state index contributed by atoms with van der Waals surface area (Å²) in [7, 11) is 1.45. The lowest BCUT2D eigenvalue weighted by Gasteiger charge is -2.08. The number of phenolic OH excluding ortho intramolecular Hbond substituents is 1. The largest absolute Gasteiger partial charge is 0.507 e. The smallest absolute Gasteiger partial charge is 0.342 e. The zero-order valence-electron chi connectivity index (χ0n) is 11.7. The first-order valence-corrected chi connectivity index (χ1v) is 6.72. The van der Waals surface area contributed by atoms with Gasteiger partial charge < -0.3 is 14.6 Å². The van der Waals surface area contributed by atoms with E-state index in [9.17, 15) is 14.7 Å². The number of benzene rings is 2. The minimum Gasteiger partial charge on any atom is -0.507 e. The number of ether oxygens (including phenoxy) is 2. The fraction of sp³-hybridized carbons (Fsp3) is 0.125. The molecule has 0 saturated carbocycles. The summed E-state index contributed by atoms with van der Waals surface area (Å²) >= 11 is 5.76. The molecule has 0 unspecified atom stereocenters. The molecule has 1 N–H and O–H groups in total. The zero-order valence-corrected chi connectivity index (χ0v) is 12.5. The van der Waals surface area contributed by atoms with E-state index in [1.807, 2.05) is 0 Å². The van der Waals surface area contributed by atoms with Crippen LogP contribution in [0.2, 0.25) is 5.02 Å². The lowest BCUT2D eigenvalue weighted by molar-refractivity contribution is 0.0471. The van der Waals surface area contributed by atoms with Crippen molar-refractivity contribution in [3.63, 3.8) is 0 Å². The van der Waals surface area contributed by atoms with Gasteiger partial charge in [-0.25, -0.2) is 4.79 Å². The number of methoxy groups -OCH3 is 1. The second-order valence-corrected chi connectivity index (χ2v) is 4.80. The van der Waals surface area contributed by atoms with Crippen molar-refractivity contribution in [3.05, 3.63) is 58.6 Å². The average molecular weight is 321 g/mol. The van der Waals surface area contributed by atoms with Crippen molar-refractivity contribution >= 4 is 23.4 Å². The van der Waals surface area contributed by atoms with Crippen molar-refractivity contribution in [3.8, 4) is 11.5 Å². The number of Topliss-reactive ketones (excluding diaryl/α,β-unsaturated/α-hetero) is 1. The Morgan fingerprint density at radius 3 is 2.59 bits per heavy atom. The Morgan fingerprint density at radius 1 is 1.14 bits per heavy atom.